The van der Waals surface area contributed by atoms with Gasteiger partial charge in [-0.3, -0.25) is 4.79 Å². The Hall–Kier alpha value is -0.880. The first-order valence-electron chi connectivity index (χ1n) is 9.57. The molecule has 0 atom stereocenters. The number of rotatable bonds is 16. The monoisotopic (exact) mass is 307 g/mol. The second-order valence-electron chi connectivity index (χ2n) is 6.36. The SMILES string of the molecule is C=C=NC(=O)CCCCCCCCCCCCCCCCC. The van der Waals surface area contributed by atoms with Gasteiger partial charge in [-0.2, -0.15) is 4.99 Å². The third-order valence-electron chi connectivity index (χ3n) is 4.20. The van der Waals surface area contributed by atoms with Gasteiger partial charge in [0.25, 0.3) is 5.91 Å². The number of aliphatic imine (C=N–C) groups is 1. The first-order valence-corrected chi connectivity index (χ1v) is 9.57. The Labute approximate surface area is 138 Å². The van der Waals surface area contributed by atoms with Crippen molar-refractivity contribution in [2.75, 3.05) is 0 Å². The highest BCUT2D eigenvalue weighted by Gasteiger charge is 1.98. The van der Waals surface area contributed by atoms with Crippen LogP contribution in [0.5, 0.6) is 0 Å². The molecule has 0 radical (unpaired) electrons. The Kier molecular flexibility index (Phi) is 17.4. The zero-order valence-electron chi connectivity index (χ0n) is 14.9. The van der Waals surface area contributed by atoms with Crippen molar-refractivity contribution in [1.29, 1.82) is 0 Å². The molecule has 0 heterocycles. The maximum atomic E-state index is 11.1. The van der Waals surface area contributed by atoms with Crippen LogP contribution in [0.1, 0.15) is 110 Å². The first kappa shape index (κ1) is 21.1. The Morgan fingerprint density at radius 1 is 0.727 bits per heavy atom. The first-order chi connectivity index (χ1) is 10.8. The number of nitrogens with zero attached hydrogens (tertiary/aromatic N) is 1. The standard InChI is InChI=1S/C20H37NO/c1-3-5-6-7-8-9-10-11-12-13-14-15-16-17-18-19-20(22)21-4-2/h2-3,5-19H2,1H3. The molecule has 0 unspecified atom stereocenters. The molecule has 128 valence electrons. The highest BCUT2D eigenvalue weighted by atomic mass is 16.1. The van der Waals surface area contributed by atoms with Crippen LogP contribution in [0.15, 0.2) is 11.6 Å². The maximum Gasteiger partial charge on any atom is 0.253 e. The summed E-state index contributed by atoms with van der Waals surface area (Å²) in [4.78, 5) is 14.6. The molecular formula is C20H37NO. The second-order valence-corrected chi connectivity index (χ2v) is 6.36. The van der Waals surface area contributed by atoms with Gasteiger partial charge in [-0.05, 0) is 18.9 Å². The van der Waals surface area contributed by atoms with Gasteiger partial charge in [0, 0.05) is 6.42 Å². The van der Waals surface area contributed by atoms with Crippen LogP contribution in [0.25, 0.3) is 0 Å². The molecule has 0 aromatic heterocycles. The zero-order valence-corrected chi connectivity index (χ0v) is 14.9. The third-order valence-corrected chi connectivity index (χ3v) is 4.20. The molecule has 0 aromatic carbocycles. The summed E-state index contributed by atoms with van der Waals surface area (Å²) < 4.78 is 0. The van der Waals surface area contributed by atoms with Crippen LogP contribution in [0.4, 0.5) is 0 Å². The molecule has 0 saturated carbocycles. The van der Waals surface area contributed by atoms with Gasteiger partial charge in [0.15, 0.2) is 0 Å². The van der Waals surface area contributed by atoms with Gasteiger partial charge in [0.1, 0.15) is 0 Å². The fourth-order valence-electron chi connectivity index (χ4n) is 2.79. The van der Waals surface area contributed by atoms with E-state index in [1.807, 2.05) is 0 Å². The lowest BCUT2D eigenvalue weighted by atomic mass is 10.0. The lowest BCUT2D eigenvalue weighted by molar-refractivity contribution is -0.117. The van der Waals surface area contributed by atoms with Crippen LogP contribution in [0, 0.1) is 0 Å². The lowest BCUT2D eigenvalue weighted by Gasteiger charge is -2.03. The van der Waals surface area contributed by atoms with Crippen molar-refractivity contribution in [3.8, 4) is 0 Å². The summed E-state index contributed by atoms with van der Waals surface area (Å²) in [6.07, 6.45) is 20.7. The average Bonchev–Trinajstić information content (AvgIpc) is 2.51. The molecule has 0 bridgehead atoms. The summed E-state index contributed by atoms with van der Waals surface area (Å²) in [6, 6.07) is 0. The molecule has 0 aliphatic heterocycles. The lowest BCUT2D eigenvalue weighted by Crippen LogP contribution is -1.92. The van der Waals surface area contributed by atoms with Gasteiger partial charge >= 0.3 is 0 Å². The number of hydrogen-bond acceptors (Lipinski definition) is 1. The number of carbonyl (C=O) groups is 1. The highest BCUT2D eigenvalue weighted by Crippen LogP contribution is 2.13. The summed E-state index contributed by atoms with van der Waals surface area (Å²) >= 11 is 0. The number of hydrogen-bond donors (Lipinski definition) is 0. The summed E-state index contributed by atoms with van der Waals surface area (Å²) in [6.45, 7) is 5.58. The number of amides is 1. The molecule has 2 heteroatoms. The molecule has 0 aromatic rings. The number of unbranched alkanes of at least 4 members (excludes halogenated alkanes) is 14. The van der Waals surface area contributed by atoms with Crippen molar-refractivity contribution in [2.24, 2.45) is 4.99 Å². The Balaban J connectivity index is 3.05. The van der Waals surface area contributed by atoms with E-state index in [2.05, 4.69) is 24.4 Å². The largest absolute Gasteiger partial charge is 0.272 e. The quantitative estimate of drug-likeness (QED) is 0.232. The molecule has 0 aliphatic rings. The van der Waals surface area contributed by atoms with E-state index in [9.17, 15) is 4.79 Å². The van der Waals surface area contributed by atoms with E-state index in [0.29, 0.717) is 6.42 Å². The fourth-order valence-corrected chi connectivity index (χ4v) is 2.79. The minimum Gasteiger partial charge on any atom is -0.272 e. The minimum atomic E-state index is -0.0790. The highest BCUT2D eigenvalue weighted by molar-refractivity contribution is 5.82. The van der Waals surface area contributed by atoms with Crippen molar-refractivity contribution >= 4 is 11.8 Å². The molecule has 0 N–H and O–H groups in total. The van der Waals surface area contributed by atoms with Gasteiger partial charge in [-0.1, -0.05) is 96.8 Å². The Morgan fingerprint density at radius 3 is 1.45 bits per heavy atom. The van der Waals surface area contributed by atoms with Crippen LogP contribution < -0.4 is 0 Å². The topological polar surface area (TPSA) is 29.4 Å². The van der Waals surface area contributed by atoms with Crippen LogP contribution >= 0.6 is 0 Å². The molecule has 0 rings (SSSR count). The van der Waals surface area contributed by atoms with Gasteiger partial charge in [0.05, 0.1) is 0 Å². The van der Waals surface area contributed by atoms with Crippen molar-refractivity contribution in [3.63, 3.8) is 0 Å². The Morgan fingerprint density at radius 2 is 1.09 bits per heavy atom. The van der Waals surface area contributed by atoms with E-state index in [1.165, 1.54) is 83.5 Å². The smallest absolute Gasteiger partial charge is 0.253 e. The Bertz CT molecular complexity index is 292. The van der Waals surface area contributed by atoms with Crippen LogP contribution in [0.3, 0.4) is 0 Å². The normalized spacial score (nSPS) is 10.4. The van der Waals surface area contributed by atoms with Crippen LogP contribution in [0.2, 0.25) is 0 Å². The molecule has 1 amide bonds. The molecule has 0 saturated heterocycles. The molecule has 0 aliphatic carbocycles. The van der Waals surface area contributed by atoms with E-state index >= 15 is 0 Å². The fraction of sp³-hybridized carbons (Fsp3) is 0.850. The van der Waals surface area contributed by atoms with E-state index in [-0.39, 0.29) is 5.91 Å². The van der Waals surface area contributed by atoms with Gasteiger partial charge in [-0.15, -0.1) is 0 Å². The average molecular weight is 308 g/mol. The van der Waals surface area contributed by atoms with Gasteiger partial charge in [-0.25, -0.2) is 0 Å². The van der Waals surface area contributed by atoms with E-state index in [1.54, 1.807) is 0 Å². The number of carbonyl (C=O) groups excluding carboxylic acids is 1. The van der Waals surface area contributed by atoms with Crippen molar-refractivity contribution < 1.29 is 4.79 Å². The molecule has 22 heavy (non-hydrogen) atoms. The summed E-state index contributed by atoms with van der Waals surface area (Å²) in [5, 5.41) is 0. The molecule has 2 nitrogen and oxygen atoms in total. The van der Waals surface area contributed by atoms with Crippen molar-refractivity contribution in [2.45, 2.75) is 110 Å². The van der Waals surface area contributed by atoms with E-state index < -0.39 is 0 Å². The van der Waals surface area contributed by atoms with Gasteiger partial charge < -0.3 is 0 Å². The van der Waals surface area contributed by atoms with E-state index in [4.69, 9.17) is 0 Å². The molecular weight excluding hydrogens is 270 g/mol. The summed E-state index contributed by atoms with van der Waals surface area (Å²) in [5.41, 5.74) is 0. The predicted octanol–water partition coefficient (Wildman–Crippen LogP) is 6.63. The van der Waals surface area contributed by atoms with Crippen LogP contribution in [-0.4, -0.2) is 11.8 Å². The maximum absolute atomic E-state index is 11.1. The predicted molar refractivity (Wildman–Crippen MR) is 97.6 cm³/mol. The zero-order chi connectivity index (χ0) is 16.3. The van der Waals surface area contributed by atoms with Gasteiger partial charge in [0.2, 0.25) is 0 Å². The van der Waals surface area contributed by atoms with Crippen molar-refractivity contribution in [3.05, 3.63) is 6.58 Å². The van der Waals surface area contributed by atoms with E-state index in [0.717, 1.165) is 12.8 Å². The van der Waals surface area contributed by atoms with Crippen LogP contribution in [-0.2, 0) is 4.79 Å². The molecule has 0 spiro atoms. The molecule has 0 fully saturated rings. The second kappa shape index (κ2) is 18.2. The van der Waals surface area contributed by atoms with Crippen molar-refractivity contribution in [1.82, 2.24) is 0 Å². The summed E-state index contributed by atoms with van der Waals surface area (Å²) in [5.74, 6) is 2.22. The third kappa shape index (κ3) is 17.2. The minimum absolute atomic E-state index is 0.0790. The summed E-state index contributed by atoms with van der Waals surface area (Å²) in [7, 11) is 0.